The topological polar surface area (TPSA) is 77.0 Å². The first-order valence-corrected chi connectivity index (χ1v) is 12.5. The van der Waals surface area contributed by atoms with Crippen LogP contribution in [0.25, 0.3) is 0 Å². The van der Waals surface area contributed by atoms with Crippen molar-refractivity contribution in [2.45, 2.75) is 45.8 Å². The number of hydrogen-bond donors (Lipinski definition) is 1. The summed E-state index contributed by atoms with van der Waals surface area (Å²) >= 11 is 6.28. The summed E-state index contributed by atoms with van der Waals surface area (Å²) < 4.78 is 0. The molecule has 0 spiro atoms. The van der Waals surface area contributed by atoms with Crippen molar-refractivity contribution in [2.24, 2.45) is 11.0 Å². The van der Waals surface area contributed by atoms with Crippen LogP contribution in [-0.4, -0.2) is 65.1 Å². The minimum atomic E-state index is -0.459. The van der Waals surface area contributed by atoms with Gasteiger partial charge in [-0.3, -0.25) is 9.69 Å². The van der Waals surface area contributed by atoms with Crippen molar-refractivity contribution in [1.82, 2.24) is 25.2 Å². The number of nitrogens with one attached hydrogen (secondary N) is 1. The minimum absolute atomic E-state index is 0.113. The van der Waals surface area contributed by atoms with Gasteiger partial charge in [-0.15, -0.1) is 0 Å². The first kappa shape index (κ1) is 25.1. The lowest BCUT2D eigenvalue weighted by Gasteiger charge is -2.43. The average Bonchev–Trinajstić information content (AvgIpc) is 2.88. The average molecular weight is 496 g/mol. The lowest BCUT2D eigenvalue weighted by Crippen LogP contribution is -2.51. The number of allylic oxidation sites excluding steroid dienone is 1. The molecule has 186 valence electrons. The molecule has 4 rings (SSSR count). The van der Waals surface area contributed by atoms with E-state index in [0.29, 0.717) is 24.2 Å². The van der Waals surface area contributed by atoms with Crippen LogP contribution < -0.4 is 10.3 Å². The zero-order valence-electron chi connectivity index (χ0n) is 20.7. The number of likely N-dealkylation sites (N-methyl/N-ethyl adjacent to an activating group) is 1. The third kappa shape index (κ3) is 5.65. The summed E-state index contributed by atoms with van der Waals surface area (Å²) in [5.74, 6) is 1.12. The standard InChI is InChI=1S/C26H34ClN7O/c1-18-10-12-33(14-20-8-6-5-7-9-20)16-23(18)32(4)25-21-11-13-34(15-22(21)29-17-30-25)19(2)24(27)26(35)31-28-3/h5-9,17-18,23H,3,10-16H2,1-2,4H3,(H,31,35)/b24-19-/t18-,23+/m0/s1. The van der Waals surface area contributed by atoms with Gasteiger partial charge in [-0.05, 0) is 37.8 Å². The molecule has 3 heterocycles. The Bertz CT molecular complexity index is 1090. The van der Waals surface area contributed by atoms with E-state index < -0.39 is 5.91 Å². The van der Waals surface area contributed by atoms with E-state index in [2.05, 4.69) is 81.2 Å². The fourth-order valence-electron chi connectivity index (χ4n) is 5.11. The number of piperidine rings is 1. The van der Waals surface area contributed by atoms with E-state index in [1.54, 1.807) is 6.33 Å². The number of hydrazone groups is 1. The highest BCUT2D eigenvalue weighted by molar-refractivity contribution is 6.42. The number of fused-ring (bicyclic) bond motifs is 1. The Kier molecular flexibility index (Phi) is 8.03. The molecule has 1 saturated heterocycles. The van der Waals surface area contributed by atoms with Crippen LogP contribution in [0.4, 0.5) is 5.82 Å². The number of carbonyl (C=O) groups is 1. The van der Waals surface area contributed by atoms with Crippen molar-refractivity contribution in [3.8, 4) is 0 Å². The molecule has 0 radical (unpaired) electrons. The Morgan fingerprint density at radius 1 is 1.29 bits per heavy atom. The maximum atomic E-state index is 12.1. The number of aromatic nitrogens is 2. The molecule has 0 aliphatic carbocycles. The highest BCUT2D eigenvalue weighted by Crippen LogP contribution is 2.32. The summed E-state index contributed by atoms with van der Waals surface area (Å²) in [5, 5.41) is 3.53. The Balaban J connectivity index is 1.50. The third-order valence-corrected chi connectivity index (χ3v) is 7.68. The third-order valence-electron chi connectivity index (χ3n) is 7.24. The van der Waals surface area contributed by atoms with Crippen molar-refractivity contribution in [1.29, 1.82) is 0 Å². The van der Waals surface area contributed by atoms with Gasteiger partial charge in [0.05, 0.1) is 12.2 Å². The van der Waals surface area contributed by atoms with Crippen LogP contribution in [0.15, 0.2) is 52.5 Å². The number of amides is 1. The Morgan fingerprint density at radius 3 is 2.80 bits per heavy atom. The maximum absolute atomic E-state index is 12.1. The van der Waals surface area contributed by atoms with E-state index in [4.69, 9.17) is 16.6 Å². The molecule has 8 nitrogen and oxygen atoms in total. The van der Waals surface area contributed by atoms with Crippen molar-refractivity contribution < 1.29 is 4.79 Å². The lowest BCUT2D eigenvalue weighted by molar-refractivity contribution is -0.117. The van der Waals surface area contributed by atoms with Gasteiger partial charge in [0.15, 0.2) is 0 Å². The number of nitrogens with zero attached hydrogens (tertiary/aromatic N) is 6. The van der Waals surface area contributed by atoms with Gasteiger partial charge in [-0.2, -0.15) is 5.10 Å². The van der Waals surface area contributed by atoms with Gasteiger partial charge in [-0.1, -0.05) is 48.9 Å². The summed E-state index contributed by atoms with van der Waals surface area (Å²) in [4.78, 5) is 28.4. The number of likely N-dealkylation sites (tertiary alicyclic amines) is 1. The van der Waals surface area contributed by atoms with Crippen LogP contribution in [0.3, 0.4) is 0 Å². The van der Waals surface area contributed by atoms with Crippen molar-refractivity contribution in [3.05, 3.63) is 64.2 Å². The maximum Gasteiger partial charge on any atom is 0.284 e. The molecule has 0 unspecified atom stereocenters. The lowest BCUT2D eigenvalue weighted by atomic mass is 9.91. The second-order valence-corrected chi connectivity index (χ2v) is 9.84. The number of benzene rings is 1. The fourth-order valence-corrected chi connectivity index (χ4v) is 5.27. The van der Waals surface area contributed by atoms with Crippen LogP contribution in [0.2, 0.25) is 0 Å². The van der Waals surface area contributed by atoms with Crippen molar-refractivity contribution in [2.75, 3.05) is 31.6 Å². The minimum Gasteiger partial charge on any atom is -0.367 e. The molecule has 2 aliphatic rings. The van der Waals surface area contributed by atoms with Gasteiger partial charge in [0.1, 0.15) is 17.2 Å². The molecule has 2 aliphatic heterocycles. The van der Waals surface area contributed by atoms with E-state index in [1.807, 2.05) is 6.92 Å². The second kappa shape index (κ2) is 11.2. The predicted octanol–water partition coefficient (Wildman–Crippen LogP) is 3.38. The molecule has 2 atom stereocenters. The summed E-state index contributed by atoms with van der Waals surface area (Å²) in [6.07, 6.45) is 3.60. The van der Waals surface area contributed by atoms with Crippen LogP contribution in [0.1, 0.15) is 37.1 Å². The molecule has 1 N–H and O–H groups in total. The Hall–Kier alpha value is -2.97. The predicted molar refractivity (Wildman–Crippen MR) is 140 cm³/mol. The Labute approximate surface area is 212 Å². The van der Waals surface area contributed by atoms with E-state index in [9.17, 15) is 4.79 Å². The summed E-state index contributed by atoms with van der Waals surface area (Å²) in [7, 11) is 2.16. The Morgan fingerprint density at radius 2 is 2.06 bits per heavy atom. The van der Waals surface area contributed by atoms with Gasteiger partial charge in [0.25, 0.3) is 5.91 Å². The number of anilines is 1. The van der Waals surface area contributed by atoms with E-state index >= 15 is 0 Å². The van der Waals surface area contributed by atoms with Crippen molar-refractivity contribution in [3.63, 3.8) is 0 Å². The normalized spacial score (nSPS) is 21.1. The zero-order chi connectivity index (χ0) is 24.9. The van der Waals surface area contributed by atoms with Gasteiger partial charge < -0.3 is 9.80 Å². The fraction of sp³-hybridized carbons (Fsp3) is 0.462. The first-order chi connectivity index (χ1) is 16.9. The molecule has 9 heteroatoms. The van der Waals surface area contributed by atoms with Gasteiger partial charge in [0.2, 0.25) is 0 Å². The van der Waals surface area contributed by atoms with E-state index in [-0.39, 0.29) is 5.03 Å². The monoisotopic (exact) mass is 495 g/mol. The van der Waals surface area contributed by atoms with Crippen LogP contribution in [-0.2, 0) is 24.3 Å². The molecular weight excluding hydrogens is 462 g/mol. The zero-order valence-corrected chi connectivity index (χ0v) is 21.5. The van der Waals surface area contributed by atoms with Crippen molar-refractivity contribution >= 4 is 30.0 Å². The van der Waals surface area contributed by atoms with E-state index in [1.165, 1.54) is 11.1 Å². The molecule has 35 heavy (non-hydrogen) atoms. The summed E-state index contributed by atoms with van der Waals surface area (Å²) in [5.41, 5.74) is 6.49. The number of halogens is 1. The quantitative estimate of drug-likeness (QED) is 0.360. The molecule has 0 saturated carbocycles. The highest BCUT2D eigenvalue weighted by atomic mass is 35.5. The summed E-state index contributed by atoms with van der Waals surface area (Å²) in [6, 6.07) is 11.0. The number of rotatable bonds is 7. The molecular formula is C26H34ClN7O. The molecule has 1 aromatic heterocycles. The molecule has 1 fully saturated rings. The first-order valence-electron chi connectivity index (χ1n) is 12.1. The molecule has 2 aromatic rings. The molecule has 1 amide bonds. The molecule has 1 aromatic carbocycles. The van der Waals surface area contributed by atoms with Crippen LogP contribution in [0, 0.1) is 5.92 Å². The summed E-state index contributed by atoms with van der Waals surface area (Å²) in [6.45, 7) is 11.9. The highest BCUT2D eigenvalue weighted by Gasteiger charge is 2.32. The van der Waals surface area contributed by atoms with Gasteiger partial charge in [0, 0.05) is 50.7 Å². The SMILES string of the molecule is C=NNC(=O)/C(Cl)=C(\C)N1CCc2c(ncnc2N(C)[C@@H]2CN(Cc3ccccc3)CC[C@@H]2C)C1. The van der Waals surface area contributed by atoms with Gasteiger partial charge in [-0.25, -0.2) is 15.4 Å². The number of carbonyl (C=O) groups excluding carboxylic acids is 1. The van der Waals surface area contributed by atoms with Crippen LogP contribution in [0.5, 0.6) is 0 Å². The van der Waals surface area contributed by atoms with E-state index in [0.717, 1.165) is 50.5 Å². The van der Waals surface area contributed by atoms with Gasteiger partial charge >= 0.3 is 0 Å². The second-order valence-electron chi connectivity index (χ2n) is 9.46. The molecule has 0 bridgehead atoms. The van der Waals surface area contributed by atoms with Crippen LogP contribution >= 0.6 is 11.6 Å². The smallest absolute Gasteiger partial charge is 0.284 e. The largest absolute Gasteiger partial charge is 0.367 e. The number of hydrogen-bond acceptors (Lipinski definition) is 7.